The number of aromatic amines is 1. The topological polar surface area (TPSA) is 60.8 Å². The molecule has 4 rings (SSSR count). The van der Waals surface area contributed by atoms with Gasteiger partial charge in [-0.3, -0.25) is 9.59 Å². The predicted molar refractivity (Wildman–Crippen MR) is 88.9 cm³/mol. The molecule has 3 heterocycles. The van der Waals surface area contributed by atoms with Crippen molar-refractivity contribution in [3.05, 3.63) is 52.4 Å². The average molecular weight is 310 g/mol. The zero-order chi connectivity index (χ0) is 16.0. The van der Waals surface area contributed by atoms with Gasteiger partial charge in [0, 0.05) is 32.4 Å². The van der Waals surface area contributed by atoms with Crippen LogP contribution in [0.5, 0.6) is 0 Å². The molecule has 0 atom stereocenters. The third-order valence-corrected chi connectivity index (χ3v) is 4.51. The number of amides is 1. The van der Waals surface area contributed by atoms with Gasteiger partial charge in [-0.05, 0) is 25.2 Å². The SMILES string of the molecule is CN1CCN(C(=O)c2cc3[nH]c(=O)c4ccccc4n3c2)CC1. The van der Waals surface area contributed by atoms with Crippen molar-refractivity contribution < 1.29 is 4.79 Å². The fourth-order valence-corrected chi connectivity index (χ4v) is 3.13. The minimum absolute atomic E-state index is 0.0201. The highest BCUT2D eigenvalue weighted by atomic mass is 16.2. The van der Waals surface area contributed by atoms with E-state index in [2.05, 4.69) is 16.9 Å². The Kier molecular flexibility index (Phi) is 3.20. The maximum atomic E-state index is 12.7. The minimum atomic E-state index is -0.134. The molecule has 1 N–H and O–H groups in total. The number of rotatable bonds is 1. The van der Waals surface area contributed by atoms with Crippen molar-refractivity contribution in [2.24, 2.45) is 0 Å². The van der Waals surface area contributed by atoms with Gasteiger partial charge >= 0.3 is 0 Å². The van der Waals surface area contributed by atoms with E-state index in [1.165, 1.54) is 0 Å². The second-order valence-corrected chi connectivity index (χ2v) is 6.05. The van der Waals surface area contributed by atoms with E-state index < -0.39 is 0 Å². The van der Waals surface area contributed by atoms with Crippen LogP contribution in [0.2, 0.25) is 0 Å². The average Bonchev–Trinajstić information content (AvgIpc) is 2.99. The summed E-state index contributed by atoms with van der Waals surface area (Å²) in [4.78, 5) is 31.8. The van der Waals surface area contributed by atoms with E-state index in [0.717, 1.165) is 31.7 Å². The van der Waals surface area contributed by atoms with Crippen LogP contribution in [0.4, 0.5) is 0 Å². The number of carbonyl (C=O) groups excluding carboxylic acids is 1. The maximum Gasteiger partial charge on any atom is 0.258 e. The minimum Gasteiger partial charge on any atom is -0.336 e. The molecule has 0 unspecified atom stereocenters. The molecule has 0 aliphatic carbocycles. The first-order valence-corrected chi connectivity index (χ1v) is 7.74. The van der Waals surface area contributed by atoms with Gasteiger partial charge in [-0.25, -0.2) is 0 Å². The number of nitrogens with zero attached hydrogens (tertiary/aromatic N) is 3. The summed E-state index contributed by atoms with van der Waals surface area (Å²) >= 11 is 0. The van der Waals surface area contributed by atoms with Crippen LogP contribution in [0.25, 0.3) is 16.6 Å². The molecule has 118 valence electrons. The van der Waals surface area contributed by atoms with Crippen molar-refractivity contribution in [2.45, 2.75) is 0 Å². The molecule has 1 saturated heterocycles. The Morgan fingerprint density at radius 1 is 1.13 bits per heavy atom. The van der Waals surface area contributed by atoms with E-state index in [1.807, 2.05) is 33.7 Å². The van der Waals surface area contributed by atoms with Gasteiger partial charge in [-0.1, -0.05) is 12.1 Å². The third-order valence-electron chi connectivity index (χ3n) is 4.51. The second-order valence-electron chi connectivity index (χ2n) is 6.05. The molecule has 1 aliphatic rings. The monoisotopic (exact) mass is 310 g/mol. The van der Waals surface area contributed by atoms with Crippen molar-refractivity contribution in [3.63, 3.8) is 0 Å². The number of hydrogen-bond acceptors (Lipinski definition) is 3. The molecular weight excluding hydrogens is 292 g/mol. The zero-order valence-corrected chi connectivity index (χ0v) is 13.0. The molecule has 1 amide bonds. The molecule has 2 aromatic heterocycles. The van der Waals surface area contributed by atoms with Crippen LogP contribution < -0.4 is 5.56 Å². The highest BCUT2D eigenvalue weighted by molar-refractivity contribution is 5.96. The lowest BCUT2D eigenvalue weighted by Gasteiger charge is -2.32. The Morgan fingerprint density at radius 2 is 1.87 bits per heavy atom. The number of nitrogens with one attached hydrogen (secondary N) is 1. The van der Waals surface area contributed by atoms with Crippen LogP contribution in [0, 0.1) is 0 Å². The van der Waals surface area contributed by atoms with Crippen LogP contribution in [0.3, 0.4) is 0 Å². The first kappa shape index (κ1) is 14.0. The van der Waals surface area contributed by atoms with Crippen molar-refractivity contribution in [1.82, 2.24) is 19.2 Å². The highest BCUT2D eigenvalue weighted by Crippen LogP contribution is 2.16. The first-order valence-electron chi connectivity index (χ1n) is 7.74. The van der Waals surface area contributed by atoms with E-state index in [4.69, 9.17) is 0 Å². The molecule has 6 heteroatoms. The smallest absolute Gasteiger partial charge is 0.258 e. The molecule has 23 heavy (non-hydrogen) atoms. The Hall–Kier alpha value is -2.60. The normalized spacial score (nSPS) is 16.3. The third kappa shape index (κ3) is 2.31. The van der Waals surface area contributed by atoms with Gasteiger partial charge < -0.3 is 19.2 Å². The van der Waals surface area contributed by atoms with Crippen LogP contribution in [-0.2, 0) is 0 Å². The second kappa shape index (κ2) is 5.24. The number of fused-ring (bicyclic) bond motifs is 3. The Morgan fingerprint density at radius 3 is 2.65 bits per heavy atom. The number of hydrogen-bond donors (Lipinski definition) is 1. The predicted octanol–water partition coefficient (Wildman–Crippen LogP) is 1.17. The number of H-pyrrole nitrogens is 1. The molecular formula is C17H18N4O2. The summed E-state index contributed by atoms with van der Waals surface area (Å²) in [7, 11) is 2.06. The molecule has 0 saturated carbocycles. The lowest BCUT2D eigenvalue weighted by atomic mass is 10.2. The maximum absolute atomic E-state index is 12.7. The van der Waals surface area contributed by atoms with Crippen molar-refractivity contribution in [3.8, 4) is 0 Å². The molecule has 1 fully saturated rings. The molecule has 0 bridgehead atoms. The van der Waals surface area contributed by atoms with E-state index in [1.54, 1.807) is 12.1 Å². The lowest BCUT2D eigenvalue weighted by molar-refractivity contribution is 0.0664. The number of likely N-dealkylation sites (N-methyl/N-ethyl adjacent to an activating group) is 1. The Labute approximate surface area is 132 Å². The summed E-state index contributed by atoms with van der Waals surface area (Å²) in [5.74, 6) is 0.0201. The molecule has 0 spiro atoms. The summed E-state index contributed by atoms with van der Waals surface area (Å²) < 4.78 is 1.88. The molecule has 6 nitrogen and oxygen atoms in total. The summed E-state index contributed by atoms with van der Waals surface area (Å²) in [5, 5.41) is 0.620. The fraction of sp³-hybridized carbons (Fsp3) is 0.294. The standard InChI is InChI=1S/C17H18N4O2/c1-19-6-8-20(9-7-19)17(23)12-10-15-18-16(22)13-4-2-3-5-14(13)21(15)11-12/h2-5,10-11H,6-9H2,1H3,(H,18,22). The molecule has 1 aromatic carbocycles. The molecule has 1 aliphatic heterocycles. The molecule has 0 radical (unpaired) electrons. The van der Waals surface area contributed by atoms with Crippen molar-refractivity contribution in [2.75, 3.05) is 33.2 Å². The highest BCUT2D eigenvalue weighted by Gasteiger charge is 2.21. The summed E-state index contributed by atoms with van der Waals surface area (Å²) in [5.41, 5.74) is 1.93. The number of aromatic nitrogens is 2. The van der Waals surface area contributed by atoms with Gasteiger partial charge in [0.1, 0.15) is 5.65 Å². The largest absolute Gasteiger partial charge is 0.336 e. The number of piperazine rings is 1. The van der Waals surface area contributed by atoms with Gasteiger partial charge in [0.2, 0.25) is 0 Å². The zero-order valence-electron chi connectivity index (χ0n) is 13.0. The Balaban J connectivity index is 1.78. The van der Waals surface area contributed by atoms with Crippen molar-refractivity contribution in [1.29, 1.82) is 0 Å². The summed E-state index contributed by atoms with van der Waals surface area (Å²) in [6.07, 6.45) is 1.81. The number of benzene rings is 1. The van der Waals surface area contributed by atoms with Crippen LogP contribution >= 0.6 is 0 Å². The van der Waals surface area contributed by atoms with E-state index in [0.29, 0.717) is 16.6 Å². The van der Waals surface area contributed by atoms with Crippen molar-refractivity contribution >= 4 is 22.5 Å². The van der Waals surface area contributed by atoms with Crippen LogP contribution in [0.1, 0.15) is 10.4 Å². The van der Waals surface area contributed by atoms with Crippen LogP contribution in [-0.4, -0.2) is 58.3 Å². The van der Waals surface area contributed by atoms with E-state index in [-0.39, 0.29) is 11.5 Å². The van der Waals surface area contributed by atoms with E-state index >= 15 is 0 Å². The summed E-state index contributed by atoms with van der Waals surface area (Å²) in [6.45, 7) is 3.25. The van der Waals surface area contributed by atoms with Crippen LogP contribution in [0.15, 0.2) is 41.3 Å². The number of carbonyl (C=O) groups is 1. The lowest BCUT2D eigenvalue weighted by Crippen LogP contribution is -2.47. The molecule has 3 aromatic rings. The fourth-order valence-electron chi connectivity index (χ4n) is 3.13. The van der Waals surface area contributed by atoms with Gasteiger partial charge in [0.15, 0.2) is 0 Å². The van der Waals surface area contributed by atoms with E-state index in [9.17, 15) is 9.59 Å². The number of para-hydroxylation sites is 1. The van der Waals surface area contributed by atoms with Gasteiger partial charge in [0.05, 0.1) is 16.5 Å². The van der Waals surface area contributed by atoms with Gasteiger partial charge in [-0.15, -0.1) is 0 Å². The first-order chi connectivity index (χ1) is 11.1. The van der Waals surface area contributed by atoms with Gasteiger partial charge in [0.25, 0.3) is 11.5 Å². The quantitative estimate of drug-likeness (QED) is 0.734. The summed E-state index contributed by atoms with van der Waals surface area (Å²) in [6, 6.07) is 9.16. The van der Waals surface area contributed by atoms with Gasteiger partial charge in [-0.2, -0.15) is 0 Å². The Bertz CT molecular complexity index is 948.